The van der Waals surface area contributed by atoms with Crippen molar-refractivity contribution in [3.63, 3.8) is 0 Å². The van der Waals surface area contributed by atoms with Crippen LogP contribution in [0.5, 0.6) is 0 Å². The Bertz CT molecular complexity index is 766. The molecule has 0 unspecified atom stereocenters. The van der Waals surface area contributed by atoms with Crippen molar-refractivity contribution in [2.75, 3.05) is 26.8 Å². The Balaban J connectivity index is 1.94. The molecular weight excluding hydrogens is 308 g/mol. The first-order chi connectivity index (χ1) is 11.6. The maximum absolute atomic E-state index is 12.5. The van der Waals surface area contributed by atoms with E-state index in [-0.39, 0.29) is 24.1 Å². The molecule has 1 aromatic carbocycles. The molecule has 128 valence electrons. The molecule has 1 atom stereocenters. The molecule has 3 rings (SSSR count). The van der Waals surface area contributed by atoms with Crippen molar-refractivity contribution >= 4 is 5.91 Å². The highest BCUT2D eigenvalue weighted by atomic mass is 16.5. The summed E-state index contributed by atoms with van der Waals surface area (Å²) in [5.74, 6) is 0.726. The van der Waals surface area contributed by atoms with Crippen LogP contribution in [0.4, 0.5) is 0 Å². The standard InChI is InChI=1S/C17H22N4O3/c1-19-17(23)21(14-8-4-3-5-9-14)16(18-19)13-7-6-10-20(11-13)15(22)12-24-2/h3-5,8-9,13H,6-7,10-12H2,1-2H3/t13-/m0/s1. The molecule has 24 heavy (non-hydrogen) atoms. The summed E-state index contributed by atoms with van der Waals surface area (Å²) < 4.78 is 7.96. The summed E-state index contributed by atoms with van der Waals surface area (Å²) in [6.45, 7) is 1.37. The number of rotatable bonds is 4. The number of hydrogen-bond acceptors (Lipinski definition) is 4. The van der Waals surface area contributed by atoms with Crippen LogP contribution < -0.4 is 5.69 Å². The van der Waals surface area contributed by atoms with E-state index in [1.165, 1.54) is 11.8 Å². The van der Waals surface area contributed by atoms with E-state index in [1.807, 2.05) is 30.3 Å². The highest BCUT2D eigenvalue weighted by Gasteiger charge is 2.29. The monoisotopic (exact) mass is 330 g/mol. The number of hydrogen-bond donors (Lipinski definition) is 0. The quantitative estimate of drug-likeness (QED) is 0.836. The molecule has 0 saturated carbocycles. The highest BCUT2D eigenvalue weighted by Crippen LogP contribution is 2.26. The Morgan fingerprint density at radius 1 is 1.33 bits per heavy atom. The van der Waals surface area contributed by atoms with Gasteiger partial charge in [0.15, 0.2) is 0 Å². The van der Waals surface area contributed by atoms with E-state index in [1.54, 1.807) is 16.5 Å². The van der Waals surface area contributed by atoms with Crippen molar-refractivity contribution in [1.29, 1.82) is 0 Å². The lowest BCUT2D eigenvalue weighted by atomic mass is 9.97. The van der Waals surface area contributed by atoms with Gasteiger partial charge in [-0.05, 0) is 25.0 Å². The Morgan fingerprint density at radius 3 is 2.79 bits per heavy atom. The lowest BCUT2D eigenvalue weighted by Gasteiger charge is -2.32. The van der Waals surface area contributed by atoms with Crippen LogP contribution in [0.3, 0.4) is 0 Å². The summed E-state index contributed by atoms with van der Waals surface area (Å²) in [6.07, 6.45) is 1.79. The molecule has 1 aromatic heterocycles. The SMILES string of the molecule is COCC(=O)N1CCC[C@H](c2nn(C)c(=O)n2-c2ccccc2)C1. The van der Waals surface area contributed by atoms with Gasteiger partial charge in [0.1, 0.15) is 12.4 Å². The maximum atomic E-state index is 12.5. The predicted molar refractivity (Wildman–Crippen MR) is 89.2 cm³/mol. The summed E-state index contributed by atoms with van der Waals surface area (Å²) >= 11 is 0. The zero-order chi connectivity index (χ0) is 17.1. The fourth-order valence-corrected chi connectivity index (χ4v) is 3.20. The second kappa shape index (κ2) is 7.00. The molecule has 0 spiro atoms. The number of aryl methyl sites for hydroxylation is 1. The zero-order valence-electron chi connectivity index (χ0n) is 14.0. The molecule has 2 aromatic rings. The number of amides is 1. The minimum atomic E-state index is -0.170. The van der Waals surface area contributed by atoms with Crippen molar-refractivity contribution in [3.8, 4) is 5.69 Å². The van der Waals surface area contributed by atoms with E-state index < -0.39 is 0 Å². The number of carbonyl (C=O) groups excluding carboxylic acids is 1. The van der Waals surface area contributed by atoms with Gasteiger partial charge in [-0.25, -0.2) is 14.0 Å². The number of likely N-dealkylation sites (tertiary alicyclic amines) is 1. The molecule has 1 fully saturated rings. The molecule has 0 N–H and O–H groups in total. The van der Waals surface area contributed by atoms with Crippen molar-refractivity contribution in [2.24, 2.45) is 7.05 Å². The molecule has 0 aliphatic carbocycles. The minimum Gasteiger partial charge on any atom is -0.375 e. The largest absolute Gasteiger partial charge is 0.375 e. The fourth-order valence-electron chi connectivity index (χ4n) is 3.20. The number of benzene rings is 1. The topological polar surface area (TPSA) is 69.4 Å². The molecule has 7 heteroatoms. The van der Waals surface area contributed by atoms with Crippen LogP contribution in [0.15, 0.2) is 35.1 Å². The number of para-hydroxylation sites is 1. The summed E-state index contributed by atoms with van der Waals surface area (Å²) in [7, 11) is 3.17. The van der Waals surface area contributed by atoms with Crippen LogP contribution in [0.1, 0.15) is 24.6 Å². The molecule has 1 saturated heterocycles. The van der Waals surface area contributed by atoms with E-state index in [4.69, 9.17) is 4.74 Å². The summed E-state index contributed by atoms with van der Waals surface area (Å²) in [5.41, 5.74) is 0.627. The van der Waals surface area contributed by atoms with Crippen LogP contribution in [0.2, 0.25) is 0 Å². The molecule has 1 aliphatic heterocycles. The van der Waals surface area contributed by atoms with Crippen molar-refractivity contribution in [2.45, 2.75) is 18.8 Å². The van der Waals surface area contributed by atoms with E-state index in [0.29, 0.717) is 12.4 Å². The van der Waals surface area contributed by atoms with Gasteiger partial charge in [-0.1, -0.05) is 18.2 Å². The van der Waals surface area contributed by atoms with Crippen LogP contribution >= 0.6 is 0 Å². The molecule has 2 heterocycles. The Labute approximate surface area is 140 Å². The number of carbonyl (C=O) groups is 1. The normalized spacial score (nSPS) is 17.9. The van der Waals surface area contributed by atoms with Gasteiger partial charge in [0.2, 0.25) is 5.91 Å². The van der Waals surface area contributed by atoms with E-state index in [0.717, 1.165) is 25.1 Å². The second-order valence-electron chi connectivity index (χ2n) is 6.05. The first kappa shape index (κ1) is 16.4. The lowest BCUT2D eigenvalue weighted by molar-refractivity contribution is -0.136. The smallest absolute Gasteiger partial charge is 0.350 e. The molecule has 1 amide bonds. The molecular formula is C17H22N4O3. The average Bonchev–Trinajstić information content (AvgIpc) is 2.91. The second-order valence-corrected chi connectivity index (χ2v) is 6.05. The summed E-state index contributed by atoms with van der Waals surface area (Å²) in [4.78, 5) is 26.4. The van der Waals surface area contributed by atoms with Gasteiger partial charge in [0.25, 0.3) is 0 Å². The van der Waals surface area contributed by atoms with Gasteiger partial charge in [-0.3, -0.25) is 4.79 Å². The average molecular weight is 330 g/mol. The van der Waals surface area contributed by atoms with E-state index in [9.17, 15) is 9.59 Å². The van der Waals surface area contributed by atoms with Crippen molar-refractivity contribution < 1.29 is 9.53 Å². The van der Waals surface area contributed by atoms with Gasteiger partial charge in [-0.15, -0.1) is 0 Å². The summed E-state index contributed by atoms with van der Waals surface area (Å²) in [5, 5.41) is 4.45. The van der Waals surface area contributed by atoms with Gasteiger partial charge >= 0.3 is 5.69 Å². The van der Waals surface area contributed by atoms with Crippen molar-refractivity contribution in [3.05, 3.63) is 46.6 Å². The van der Waals surface area contributed by atoms with E-state index in [2.05, 4.69) is 5.10 Å². The third-order valence-electron chi connectivity index (χ3n) is 4.37. The minimum absolute atomic E-state index is 0.0215. The van der Waals surface area contributed by atoms with Crippen LogP contribution in [-0.4, -0.2) is 52.0 Å². The Hall–Kier alpha value is -2.41. The Kier molecular flexibility index (Phi) is 4.80. The molecule has 1 aliphatic rings. The Morgan fingerprint density at radius 2 is 2.08 bits per heavy atom. The third-order valence-corrected chi connectivity index (χ3v) is 4.37. The fraction of sp³-hybridized carbons (Fsp3) is 0.471. The van der Waals surface area contributed by atoms with Gasteiger partial charge in [0.05, 0.1) is 5.69 Å². The molecule has 0 bridgehead atoms. The van der Waals surface area contributed by atoms with Crippen LogP contribution in [0, 0.1) is 0 Å². The number of methoxy groups -OCH3 is 1. The van der Waals surface area contributed by atoms with Gasteiger partial charge < -0.3 is 9.64 Å². The maximum Gasteiger partial charge on any atom is 0.350 e. The van der Waals surface area contributed by atoms with Crippen LogP contribution in [0.25, 0.3) is 5.69 Å². The number of ether oxygens (including phenoxy) is 1. The number of nitrogens with zero attached hydrogens (tertiary/aromatic N) is 4. The molecule has 0 radical (unpaired) electrons. The predicted octanol–water partition coefficient (Wildman–Crippen LogP) is 0.923. The van der Waals surface area contributed by atoms with E-state index >= 15 is 0 Å². The first-order valence-corrected chi connectivity index (χ1v) is 8.10. The zero-order valence-corrected chi connectivity index (χ0v) is 14.0. The third kappa shape index (κ3) is 3.12. The van der Waals surface area contributed by atoms with Gasteiger partial charge in [0, 0.05) is 33.2 Å². The lowest BCUT2D eigenvalue weighted by Crippen LogP contribution is -2.41. The summed E-state index contributed by atoms with van der Waals surface area (Å²) in [6, 6.07) is 9.49. The number of piperidine rings is 1. The van der Waals surface area contributed by atoms with Crippen LogP contribution in [-0.2, 0) is 16.6 Å². The highest BCUT2D eigenvalue weighted by molar-refractivity contribution is 5.77. The first-order valence-electron chi connectivity index (χ1n) is 8.10. The number of aromatic nitrogens is 3. The van der Waals surface area contributed by atoms with Crippen molar-refractivity contribution in [1.82, 2.24) is 19.2 Å². The van der Waals surface area contributed by atoms with Gasteiger partial charge in [-0.2, -0.15) is 5.10 Å². The molecule has 7 nitrogen and oxygen atoms in total.